The summed E-state index contributed by atoms with van der Waals surface area (Å²) in [4.78, 5) is 13.9. The zero-order valence-electron chi connectivity index (χ0n) is 8.21. The molecule has 0 spiro atoms. The summed E-state index contributed by atoms with van der Waals surface area (Å²) in [5.74, 6) is -1.27. The number of carboxylic acid groups (broad SMARTS) is 1. The average molecular weight is 265 g/mol. The molecule has 16 heavy (non-hydrogen) atoms. The molecule has 0 aliphatic rings. The number of sulfonamides is 1. The lowest BCUT2D eigenvalue weighted by molar-refractivity contribution is -0.138. The Morgan fingerprint density at radius 3 is 2.75 bits per heavy atom. The molecule has 6 nitrogen and oxygen atoms in total. The van der Waals surface area contributed by atoms with Crippen molar-refractivity contribution in [3.8, 4) is 0 Å². The number of aromatic nitrogens is 1. The van der Waals surface area contributed by atoms with E-state index in [0.717, 1.165) is 0 Å². The monoisotopic (exact) mass is 264 g/mol. The molecule has 1 rings (SSSR count). The van der Waals surface area contributed by atoms with Crippen LogP contribution in [0, 0.1) is 0 Å². The number of hydrogen-bond acceptors (Lipinski definition) is 4. The lowest BCUT2D eigenvalue weighted by Gasteiger charge is -2.10. The Balaban J connectivity index is 3.04. The van der Waals surface area contributed by atoms with Gasteiger partial charge in [0.25, 0.3) is 0 Å². The van der Waals surface area contributed by atoms with Crippen LogP contribution in [-0.4, -0.2) is 30.5 Å². The van der Waals surface area contributed by atoms with Gasteiger partial charge in [0.2, 0.25) is 10.0 Å². The Bertz CT molecular complexity index is 503. The quantitative estimate of drug-likeness (QED) is 0.772. The smallest absolute Gasteiger partial charge is 0.321 e. The second-order valence-corrected chi connectivity index (χ2v) is 5.01. The van der Waals surface area contributed by atoms with E-state index in [9.17, 15) is 13.2 Å². The van der Waals surface area contributed by atoms with Crippen LogP contribution in [0.2, 0.25) is 5.15 Å². The molecule has 0 aliphatic heterocycles. The van der Waals surface area contributed by atoms with Crippen LogP contribution in [0.1, 0.15) is 6.92 Å². The Morgan fingerprint density at radius 1 is 1.62 bits per heavy atom. The van der Waals surface area contributed by atoms with Gasteiger partial charge in [-0.2, -0.15) is 4.72 Å². The van der Waals surface area contributed by atoms with Crippen LogP contribution in [0.3, 0.4) is 0 Å². The van der Waals surface area contributed by atoms with E-state index in [4.69, 9.17) is 16.7 Å². The van der Waals surface area contributed by atoms with E-state index in [1.165, 1.54) is 25.3 Å². The molecule has 8 heteroatoms. The minimum atomic E-state index is -3.96. The second-order valence-electron chi connectivity index (χ2n) is 2.97. The normalized spacial score (nSPS) is 13.4. The molecular weight excluding hydrogens is 256 g/mol. The van der Waals surface area contributed by atoms with Crippen LogP contribution in [0.4, 0.5) is 0 Å². The minimum absolute atomic E-state index is 0.201. The molecule has 2 N–H and O–H groups in total. The maximum absolute atomic E-state index is 11.7. The highest BCUT2D eigenvalue weighted by molar-refractivity contribution is 7.89. The summed E-state index contributed by atoms with van der Waals surface area (Å²) in [6, 6.07) is 1.40. The van der Waals surface area contributed by atoms with Crippen LogP contribution in [0.15, 0.2) is 23.2 Å². The van der Waals surface area contributed by atoms with Gasteiger partial charge in [0.15, 0.2) is 0 Å². The van der Waals surface area contributed by atoms with Gasteiger partial charge < -0.3 is 5.11 Å². The number of halogens is 1. The van der Waals surface area contributed by atoms with Gasteiger partial charge in [0.05, 0.1) is 0 Å². The largest absolute Gasteiger partial charge is 0.480 e. The first-order valence-corrected chi connectivity index (χ1v) is 6.06. The highest BCUT2D eigenvalue weighted by Gasteiger charge is 2.23. The summed E-state index contributed by atoms with van der Waals surface area (Å²) >= 11 is 5.59. The van der Waals surface area contributed by atoms with Crippen LogP contribution in [0.5, 0.6) is 0 Å². The molecule has 1 unspecified atom stereocenters. The molecule has 1 aromatic rings. The highest BCUT2D eigenvalue weighted by Crippen LogP contribution is 2.17. The summed E-state index contributed by atoms with van der Waals surface area (Å²) in [6.07, 6.45) is 1.34. The van der Waals surface area contributed by atoms with E-state index in [0.29, 0.717) is 0 Å². The van der Waals surface area contributed by atoms with Crippen molar-refractivity contribution in [3.05, 3.63) is 23.5 Å². The molecule has 0 aromatic carbocycles. The maximum atomic E-state index is 11.7. The number of carbonyl (C=O) groups is 1. The van der Waals surface area contributed by atoms with Gasteiger partial charge in [-0.1, -0.05) is 11.6 Å². The third-order valence-electron chi connectivity index (χ3n) is 1.72. The molecule has 1 aromatic heterocycles. The number of aliphatic carboxylic acids is 1. The minimum Gasteiger partial charge on any atom is -0.480 e. The predicted octanol–water partition coefficient (Wildman–Crippen LogP) is 0.486. The molecule has 0 fully saturated rings. The number of carboxylic acids is 1. The standard InChI is InChI=1S/C8H9ClN2O4S/c1-5(8(12)13)11-16(14,15)6-3-2-4-10-7(6)9/h2-5,11H,1H3,(H,12,13). The van der Waals surface area contributed by atoms with E-state index in [-0.39, 0.29) is 10.0 Å². The molecule has 0 saturated carbocycles. The van der Waals surface area contributed by atoms with Crippen molar-refractivity contribution in [2.75, 3.05) is 0 Å². The van der Waals surface area contributed by atoms with Crippen LogP contribution in [-0.2, 0) is 14.8 Å². The van der Waals surface area contributed by atoms with Crippen molar-refractivity contribution in [1.29, 1.82) is 0 Å². The first kappa shape index (κ1) is 12.9. The fraction of sp³-hybridized carbons (Fsp3) is 0.250. The molecule has 1 atom stereocenters. The van der Waals surface area contributed by atoms with Gasteiger partial charge in [0, 0.05) is 6.20 Å². The molecular formula is C8H9ClN2O4S. The Kier molecular flexibility index (Phi) is 3.84. The Labute approximate surface area is 97.3 Å². The van der Waals surface area contributed by atoms with E-state index in [2.05, 4.69) is 4.98 Å². The molecule has 88 valence electrons. The number of nitrogens with zero attached hydrogens (tertiary/aromatic N) is 1. The molecule has 0 saturated heterocycles. The maximum Gasteiger partial charge on any atom is 0.321 e. The first-order chi connectivity index (χ1) is 7.34. The van der Waals surface area contributed by atoms with Gasteiger partial charge >= 0.3 is 5.97 Å². The molecule has 0 radical (unpaired) electrons. The number of pyridine rings is 1. The zero-order chi connectivity index (χ0) is 12.3. The topological polar surface area (TPSA) is 96.4 Å². The van der Waals surface area contributed by atoms with Crippen molar-refractivity contribution in [1.82, 2.24) is 9.71 Å². The summed E-state index contributed by atoms with van der Waals surface area (Å²) in [5, 5.41) is 8.38. The molecule has 1 heterocycles. The summed E-state index contributed by atoms with van der Waals surface area (Å²) in [5.41, 5.74) is 0. The highest BCUT2D eigenvalue weighted by atomic mass is 35.5. The van der Waals surface area contributed by atoms with Crippen molar-refractivity contribution in [2.24, 2.45) is 0 Å². The van der Waals surface area contributed by atoms with Crippen molar-refractivity contribution in [3.63, 3.8) is 0 Å². The van der Waals surface area contributed by atoms with E-state index >= 15 is 0 Å². The number of nitrogens with one attached hydrogen (secondary N) is 1. The average Bonchev–Trinajstić information content (AvgIpc) is 2.17. The van der Waals surface area contributed by atoms with Gasteiger partial charge in [-0.15, -0.1) is 0 Å². The van der Waals surface area contributed by atoms with E-state index < -0.39 is 22.0 Å². The zero-order valence-corrected chi connectivity index (χ0v) is 9.79. The number of rotatable bonds is 4. The first-order valence-electron chi connectivity index (χ1n) is 4.20. The molecule has 0 aliphatic carbocycles. The van der Waals surface area contributed by atoms with Gasteiger partial charge in [0.1, 0.15) is 16.1 Å². The van der Waals surface area contributed by atoms with Gasteiger partial charge in [-0.25, -0.2) is 13.4 Å². The second kappa shape index (κ2) is 4.77. The molecule has 0 bridgehead atoms. The Morgan fingerprint density at radius 2 is 2.25 bits per heavy atom. The molecule has 0 amide bonds. The lowest BCUT2D eigenvalue weighted by atomic mass is 10.4. The third-order valence-corrected chi connectivity index (χ3v) is 3.70. The van der Waals surface area contributed by atoms with Gasteiger partial charge in [-0.05, 0) is 19.1 Å². The van der Waals surface area contributed by atoms with E-state index in [1.54, 1.807) is 0 Å². The summed E-state index contributed by atoms with van der Waals surface area (Å²) < 4.78 is 25.3. The fourth-order valence-corrected chi connectivity index (χ4v) is 2.57. The van der Waals surface area contributed by atoms with Crippen LogP contribution in [0.25, 0.3) is 0 Å². The Hall–Kier alpha value is -1.18. The van der Waals surface area contributed by atoms with Crippen LogP contribution >= 0.6 is 11.6 Å². The fourth-order valence-electron chi connectivity index (χ4n) is 0.918. The summed E-state index contributed by atoms with van der Waals surface area (Å²) in [7, 11) is -3.96. The lowest BCUT2D eigenvalue weighted by Crippen LogP contribution is -2.38. The van der Waals surface area contributed by atoms with Gasteiger partial charge in [-0.3, -0.25) is 4.79 Å². The van der Waals surface area contributed by atoms with Crippen molar-refractivity contribution in [2.45, 2.75) is 17.9 Å². The van der Waals surface area contributed by atoms with E-state index in [1.807, 2.05) is 4.72 Å². The van der Waals surface area contributed by atoms with Crippen molar-refractivity contribution >= 4 is 27.6 Å². The SMILES string of the molecule is CC(NS(=O)(=O)c1cccnc1Cl)C(=O)O. The van der Waals surface area contributed by atoms with Crippen LogP contribution < -0.4 is 4.72 Å². The summed E-state index contributed by atoms with van der Waals surface area (Å²) in [6.45, 7) is 1.21. The third kappa shape index (κ3) is 2.91. The predicted molar refractivity (Wildman–Crippen MR) is 56.7 cm³/mol. The van der Waals surface area contributed by atoms with Crippen molar-refractivity contribution < 1.29 is 18.3 Å². The number of hydrogen-bond donors (Lipinski definition) is 2.